The zero-order valence-electron chi connectivity index (χ0n) is 12.2. The number of nitrogens with one attached hydrogen (secondary N) is 1. The summed E-state index contributed by atoms with van der Waals surface area (Å²) in [4.78, 5) is 1.43. The van der Waals surface area contributed by atoms with Gasteiger partial charge in [-0.15, -0.1) is 11.3 Å². The second kappa shape index (κ2) is 7.96. The number of thiophene rings is 1. The lowest BCUT2D eigenvalue weighted by atomic mass is 10.0. The normalized spacial score (nSPS) is 11.2. The van der Waals surface area contributed by atoms with Crippen LogP contribution in [0.1, 0.15) is 29.9 Å². The fourth-order valence-corrected chi connectivity index (χ4v) is 3.68. The molecule has 0 fully saturated rings. The molecule has 0 amide bonds. The average Bonchev–Trinajstić information content (AvgIpc) is 2.82. The van der Waals surface area contributed by atoms with Gasteiger partial charge in [-0.2, -0.15) is 0 Å². The molecular formula is C17H22BrNS. The number of halogens is 1. The van der Waals surface area contributed by atoms with Gasteiger partial charge in [0, 0.05) is 18.0 Å². The van der Waals surface area contributed by atoms with E-state index in [0.29, 0.717) is 0 Å². The highest BCUT2D eigenvalue weighted by Gasteiger charge is 1.99. The van der Waals surface area contributed by atoms with E-state index in [4.69, 9.17) is 0 Å². The van der Waals surface area contributed by atoms with E-state index < -0.39 is 0 Å². The Bertz CT molecular complexity index is 516. The first-order valence-corrected chi connectivity index (χ1v) is 8.77. The van der Waals surface area contributed by atoms with Crippen LogP contribution in [0.15, 0.2) is 40.2 Å². The van der Waals surface area contributed by atoms with Crippen LogP contribution in [0.5, 0.6) is 0 Å². The van der Waals surface area contributed by atoms with E-state index in [1.807, 2.05) is 11.3 Å². The molecule has 1 N–H and O–H groups in total. The van der Waals surface area contributed by atoms with Crippen molar-refractivity contribution < 1.29 is 0 Å². The molecule has 0 spiro atoms. The number of hydrogen-bond donors (Lipinski definition) is 1. The van der Waals surface area contributed by atoms with Crippen molar-refractivity contribution in [2.45, 2.75) is 33.2 Å². The maximum atomic E-state index is 3.51. The molecule has 3 heteroatoms. The number of hydrogen-bond acceptors (Lipinski definition) is 2. The molecule has 0 atom stereocenters. The summed E-state index contributed by atoms with van der Waals surface area (Å²) in [6.07, 6.45) is 2.27. The first-order chi connectivity index (χ1) is 9.63. The predicted molar refractivity (Wildman–Crippen MR) is 92.4 cm³/mol. The minimum absolute atomic E-state index is 0.726. The largest absolute Gasteiger partial charge is 0.312 e. The van der Waals surface area contributed by atoms with Crippen LogP contribution < -0.4 is 5.32 Å². The molecule has 108 valence electrons. The predicted octanol–water partition coefficient (Wildman–Crippen LogP) is 5.04. The first kappa shape index (κ1) is 15.7. The lowest BCUT2D eigenvalue weighted by molar-refractivity contribution is 0.646. The fraction of sp³-hybridized carbons (Fsp3) is 0.412. The molecule has 0 saturated heterocycles. The molecule has 1 heterocycles. The molecule has 1 aromatic heterocycles. The Morgan fingerprint density at radius 1 is 1.05 bits per heavy atom. The first-order valence-electron chi connectivity index (χ1n) is 7.16. The molecule has 0 unspecified atom stereocenters. The van der Waals surface area contributed by atoms with Crippen LogP contribution in [0.25, 0.3) is 0 Å². The molecule has 2 aromatic rings. The molecule has 0 saturated carbocycles. The van der Waals surface area contributed by atoms with Crippen molar-refractivity contribution in [2.24, 2.45) is 5.92 Å². The van der Waals surface area contributed by atoms with E-state index in [0.717, 1.165) is 25.4 Å². The molecule has 1 aromatic carbocycles. The van der Waals surface area contributed by atoms with Crippen LogP contribution in [0.4, 0.5) is 0 Å². The van der Waals surface area contributed by atoms with Gasteiger partial charge in [0.1, 0.15) is 0 Å². The average molecular weight is 352 g/mol. The van der Waals surface area contributed by atoms with Crippen LogP contribution in [-0.2, 0) is 19.4 Å². The minimum Gasteiger partial charge on any atom is -0.312 e. The highest BCUT2D eigenvalue weighted by Crippen LogP contribution is 2.22. The Morgan fingerprint density at radius 2 is 1.75 bits per heavy atom. The molecule has 1 nitrogen and oxygen atoms in total. The van der Waals surface area contributed by atoms with Crippen molar-refractivity contribution in [1.29, 1.82) is 0 Å². The van der Waals surface area contributed by atoms with Crippen molar-refractivity contribution in [3.8, 4) is 0 Å². The molecule has 0 aliphatic carbocycles. The fourth-order valence-electron chi connectivity index (χ4n) is 2.20. The molecule has 0 aliphatic rings. The Hall–Kier alpha value is -0.640. The summed E-state index contributed by atoms with van der Waals surface area (Å²) in [6.45, 7) is 6.51. The Morgan fingerprint density at radius 3 is 2.35 bits per heavy atom. The third-order valence-electron chi connectivity index (χ3n) is 3.17. The Kier molecular flexibility index (Phi) is 6.27. The van der Waals surface area contributed by atoms with Gasteiger partial charge in [-0.1, -0.05) is 38.1 Å². The molecule has 0 bridgehead atoms. The van der Waals surface area contributed by atoms with E-state index in [2.05, 4.69) is 71.5 Å². The van der Waals surface area contributed by atoms with Crippen LogP contribution in [-0.4, -0.2) is 6.54 Å². The van der Waals surface area contributed by atoms with Gasteiger partial charge in [-0.25, -0.2) is 0 Å². The van der Waals surface area contributed by atoms with Crippen LogP contribution in [0.2, 0.25) is 0 Å². The SMILES string of the molecule is CC(C)Cc1ccc(CNCCc2ccc(Br)s2)cc1. The van der Waals surface area contributed by atoms with Gasteiger partial charge in [0.15, 0.2) is 0 Å². The maximum Gasteiger partial charge on any atom is 0.0701 e. The van der Waals surface area contributed by atoms with Gasteiger partial charge in [-0.05, 0) is 57.9 Å². The third-order valence-corrected chi connectivity index (χ3v) is 4.86. The van der Waals surface area contributed by atoms with E-state index in [9.17, 15) is 0 Å². The van der Waals surface area contributed by atoms with Crippen molar-refractivity contribution in [1.82, 2.24) is 5.32 Å². The molecule has 20 heavy (non-hydrogen) atoms. The highest BCUT2D eigenvalue weighted by molar-refractivity contribution is 9.11. The summed E-state index contributed by atoms with van der Waals surface area (Å²) >= 11 is 5.32. The standard InChI is InChI=1S/C17H22BrNS/c1-13(2)11-14-3-5-15(6-4-14)12-19-10-9-16-7-8-17(18)20-16/h3-8,13,19H,9-12H2,1-2H3. The molecule has 0 aliphatic heterocycles. The molecule has 0 radical (unpaired) electrons. The summed E-state index contributed by atoms with van der Waals surface area (Å²) in [5.41, 5.74) is 2.80. The minimum atomic E-state index is 0.726. The zero-order valence-corrected chi connectivity index (χ0v) is 14.6. The maximum absolute atomic E-state index is 3.51. The van der Waals surface area contributed by atoms with E-state index in [1.165, 1.54) is 26.2 Å². The summed E-state index contributed by atoms with van der Waals surface area (Å²) in [6, 6.07) is 13.3. The topological polar surface area (TPSA) is 12.0 Å². The van der Waals surface area contributed by atoms with Gasteiger partial charge in [-0.3, -0.25) is 0 Å². The van der Waals surface area contributed by atoms with Crippen molar-refractivity contribution in [3.05, 3.63) is 56.2 Å². The Balaban J connectivity index is 1.71. The van der Waals surface area contributed by atoms with E-state index in [1.54, 1.807) is 0 Å². The van der Waals surface area contributed by atoms with Crippen molar-refractivity contribution >= 4 is 27.3 Å². The van der Waals surface area contributed by atoms with Gasteiger partial charge < -0.3 is 5.32 Å². The lowest BCUT2D eigenvalue weighted by Crippen LogP contribution is -2.16. The van der Waals surface area contributed by atoms with Gasteiger partial charge in [0.2, 0.25) is 0 Å². The summed E-state index contributed by atoms with van der Waals surface area (Å²) < 4.78 is 1.22. The monoisotopic (exact) mass is 351 g/mol. The van der Waals surface area contributed by atoms with Gasteiger partial charge in [0.25, 0.3) is 0 Å². The van der Waals surface area contributed by atoms with Gasteiger partial charge in [0.05, 0.1) is 3.79 Å². The lowest BCUT2D eigenvalue weighted by Gasteiger charge is -2.07. The van der Waals surface area contributed by atoms with Crippen LogP contribution in [0, 0.1) is 5.92 Å². The second-order valence-electron chi connectivity index (χ2n) is 5.55. The summed E-state index contributed by atoms with van der Waals surface area (Å²) in [5, 5.41) is 3.51. The third kappa shape index (κ3) is 5.39. The highest BCUT2D eigenvalue weighted by atomic mass is 79.9. The quantitative estimate of drug-likeness (QED) is 0.688. The van der Waals surface area contributed by atoms with E-state index >= 15 is 0 Å². The molecular weight excluding hydrogens is 330 g/mol. The van der Waals surface area contributed by atoms with Crippen molar-refractivity contribution in [2.75, 3.05) is 6.54 Å². The van der Waals surface area contributed by atoms with Crippen molar-refractivity contribution in [3.63, 3.8) is 0 Å². The van der Waals surface area contributed by atoms with Crippen LogP contribution >= 0.6 is 27.3 Å². The van der Waals surface area contributed by atoms with E-state index in [-0.39, 0.29) is 0 Å². The second-order valence-corrected chi connectivity index (χ2v) is 8.09. The smallest absolute Gasteiger partial charge is 0.0701 e. The summed E-state index contributed by atoms with van der Waals surface area (Å²) in [7, 11) is 0. The number of benzene rings is 1. The summed E-state index contributed by atoms with van der Waals surface area (Å²) in [5.74, 6) is 0.726. The zero-order chi connectivity index (χ0) is 14.4. The Labute approximate surface area is 134 Å². The van der Waals surface area contributed by atoms with Crippen LogP contribution in [0.3, 0.4) is 0 Å². The molecule has 2 rings (SSSR count). The van der Waals surface area contributed by atoms with Gasteiger partial charge >= 0.3 is 0 Å². The number of rotatable bonds is 7.